The van der Waals surface area contributed by atoms with Gasteiger partial charge in [-0.05, 0) is 28.5 Å². The van der Waals surface area contributed by atoms with E-state index in [0.717, 1.165) is 19.6 Å². The highest BCUT2D eigenvalue weighted by atomic mass is 79.9. The number of nitrogens with two attached hydrogens (primary N) is 1. The van der Waals surface area contributed by atoms with E-state index in [-0.39, 0.29) is 11.9 Å². The quantitative estimate of drug-likeness (QED) is 0.916. The summed E-state index contributed by atoms with van der Waals surface area (Å²) in [6.45, 7) is 6.24. The first kappa shape index (κ1) is 14.7. The molecule has 0 aliphatic carbocycles. The number of imidazole rings is 1. The van der Waals surface area contributed by atoms with Crippen LogP contribution < -0.4 is 5.73 Å². The normalized spacial score (nSPS) is 20.2. The molecule has 0 amide bonds. The van der Waals surface area contributed by atoms with Crippen LogP contribution in [0.4, 0.5) is 10.3 Å². The Kier molecular flexibility index (Phi) is 4.14. The van der Waals surface area contributed by atoms with Gasteiger partial charge >= 0.3 is 0 Å². The summed E-state index contributed by atoms with van der Waals surface area (Å²) in [6.07, 6.45) is 0.0464. The van der Waals surface area contributed by atoms with E-state index < -0.39 is 0 Å². The standard InChI is InChI=1S/C14H18BrFN4O/c1-2-19-3-4-21-9(7-19)8-20-13-6-11(16)10(15)5-12(13)18-14(20)17/h5-6,9H,2-4,7-8H2,1H3,(H2,17,18). The molecule has 0 saturated carbocycles. The summed E-state index contributed by atoms with van der Waals surface area (Å²) < 4.78 is 21.8. The third-order valence-electron chi connectivity index (χ3n) is 3.88. The van der Waals surface area contributed by atoms with E-state index in [0.29, 0.717) is 34.6 Å². The second kappa shape index (κ2) is 5.90. The van der Waals surface area contributed by atoms with Crippen molar-refractivity contribution in [3.8, 4) is 0 Å². The zero-order chi connectivity index (χ0) is 15.0. The maximum atomic E-state index is 13.8. The maximum Gasteiger partial charge on any atom is 0.201 e. The van der Waals surface area contributed by atoms with Gasteiger partial charge in [0.05, 0.1) is 34.8 Å². The predicted molar refractivity (Wildman–Crippen MR) is 83.7 cm³/mol. The molecule has 1 aliphatic heterocycles. The SMILES string of the molecule is CCN1CCOC(Cn2c(N)nc3cc(Br)c(F)cc32)C1. The van der Waals surface area contributed by atoms with Crippen LogP contribution in [-0.2, 0) is 11.3 Å². The molecule has 2 aromatic rings. The molecule has 0 bridgehead atoms. The number of fused-ring (bicyclic) bond motifs is 1. The number of benzene rings is 1. The van der Waals surface area contributed by atoms with E-state index in [9.17, 15) is 4.39 Å². The molecule has 1 fully saturated rings. The van der Waals surface area contributed by atoms with Crippen LogP contribution in [0.2, 0.25) is 0 Å². The number of nitrogens with zero attached hydrogens (tertiary/aromatic N) is 3. The number of anilines is 1. The Bertz CT molecular complexity index is 660. The van der Waals surface area contributed by atoms with Crippen molar-refractivity contribution in [3.63, 3.8) is 0 Å². The van der Waals surface area contributed by atoms with Crippen molar-refractivity contribution in [2.75, 3.05) is 32.0 Å². The summed E-state index contributed by atoms with van der Waals surface area (Å²) in [7, 11) is 0. The fourth-order valence-corrected chi connectivity index (χ4v) is 3.04. The lowest BCUT2D eigenvalue weighted by Gasteiger charge is -2.32. The van der Waals surface area contributed by atoms with Gasteiger partial charge in [-0.15, -0.1) is 0 Å². The summed E-state index contributed by atoms with van der Waals surface area (Å²) in [6, 6.07) is 3.11. The molecular formula is C14H18BrFN4O. The van der Waals surface area contributed by atoms with Crippen molar-refractivity contribution in [1.82, 2.24) is 14.5 Å². The molecule has 1 atom stereocenters. The summed E-state index contributed by atoms with van der Waals surface area (Å²) in [5.74, 6) is 0.0723. The lowest BCUT2D eigenvalue weighted by molar-refractivity contribution is -0.0335. The highest BCUT2D eigenvalue weighted by molar-refractivity contribution is 9.10. The molecule has 1 aliphatic rings. The minimum absolute atomic E-state index is 0.0464. The lowest BCUT2D eigenvalue weighted by atomic mass is 10.2. The molecule has 7 heteroatoms. The molecule has 1 aromatic heterocycles. The topological polar surface area (TPSA) is 56.3 Å². The van der Waals surface area contributed by atoms with E-state index in [2.05, 4.69) is 32.7 Å². The van der Waals surface area contributed by atoms with E-state index in [1.165, 1.54) is 6.07 Å². The molecule has 2 heterocycles. The van der Waals surface area contributed by atoms with E-state index >= 15 is 0 Å². The van der Waals surface area contributed by atoms with Gasteiger partial charge in [0, 0.05) is 19.2 Å². The highest BCUT2D eigenvalue weighted by Gasteiger charge is 2.22. The number of halogens is 2. The predicted octanol–water partition coefficient (Wildman–Crippen LogP) is 2.24. The van der Waals surface area contributed by atoms with Crippen LogP contribution in [0.1, 0.15) is 6.92 Å². The Morgan fingerprint density at radius 1 is 1.52 bits per heavy atom. The number of nitrogen functional groups attached to an aromatic ring is 1. The number of hydrogen-bond acceptors (Lipinski definition) is 4. The lowest BCUT2D eigenvalue weighted by Crippen LogP contribution is -2.44. The molecule has 2 N–H and O–H groups in total. The second-order valence-corrected chi connectivity index (χ2v) is 6.08. The number of ether oxygens (including phenoxy) is 1. The first-order chi connectivity index (χ1) is 10.1. The molecule has 3 rings (SSSR count). The molecule has 5 nitrogen and oxygen atoms in total. The number of rotatable bonds is 3. The van der Waals surface area contributed by atoms with Gasteiger partial charge in [0.2, 0.25) is 5.95 Å². The minimum atomic E-state index is -0.316. The molecule has 21 heavy (non-hydrogen) atoms. The van der Waals surface area contributed by atoms with Gasteiger partial charge in [-0.25, -0.2) is 9.37 Å². The molecule has 1 saturated heterocycles. The Labute approximate surface area is 131 Å². The second-order valence-electron chi connectivity index (χ2n) is 5.22. The van der Waals surface area contributed by atoms with Gasteiger partial charge in [0.15, 0.2) is 0 Å². The van der Waals surface area contributed by atoms with Gasteiger partial charge in [-0.1, -0.05) is 6.92 Å². The van der Waals surface area contributed by atoms with Crippen LogP contribution in [0.5, 0.6) is 0 Å². The summed E-state index contributed by atoms with van der Waals surface area (Å²) in [5.41, 5.74) is 7.37. The number of likely N-dealkylation sites (N-methyl/N-ethyl adjacent to an activating group) is 1. The van der Waals surface area contributed by atoms with E-state index in [1.54, 1.807) is 6.07 Å². The molecule has 114 valence electrons. The smallest absolute Gasteiger partial charge is 0.201 e. The number of aromatic nitrogens is 2. The molecular weight excluding hydrogens is 339 g/mol. The van der Waals surface area contributed by atoms with E-state index in [1.807, 2.05) is 4.57 Å². The van der Waals surface area contributed by atoms with Crippen LogP contribution in [0.25, 0.3) is 11.0 Å². The largest absolute Gasteiger partial charge is 0.374 e. The van der Waals surface area contributed by atoms with Crippen molar-refractivity contribution in [2.24, 2.45) is 0 Å². The van der Waals surface area contributed by atoms with Crippen LogP contribution in [0.15, 0.2) is 16.6 Å². The van der Waals surface area contributed by atoms with Crippen LogP contribution in [0.3, 0.4) is 0 Å². The van der Waals surface area contributed by atoms with Gasteiger partial charge in [0.25, 0.3) is 0 Å². The Morgan fingerprint density at radius 3 is 3.10 bits per heavy atom. The third kappa shape index (κ3) is 2.90. The minimum Gasteiger partial charge on any atom is -0.374 e. The molecule has 0 radical (unpaired) electrons. The van der Waals surface area contributed by atoms with Gasteiger partial charge in [-0.3, -0.25) is 4.90 Å². The molecule has 1 unspecified atom stereocenters. The van der Waals surface area contributed by atoms with Crippen molar-refractivity contribution in [3.05, 3.63) is 22.4 Å². The average Bonchev–Trinajstić information content (AvgIpc) is 2.76. The Balaban J connectivity index is 1.89. The molecule has 0 spiro atoms. The Morgan fingerprint density at radius 2 is 2.33 bits per heavy atom. The Hall–Kier alpha value is -1.18. The van der Waals surface area contributed by atoms with Crippen molar-refractivity contribution in [1.29, 1.82) is 0 Å². The van der Waals surface area contributed by atoms with Crippen LogP contribution in [0, 0.1) is 5.82 Å². The van der Waals surface area contributed by atoms with Gasteiger partial charge < -0.3 is 15.0 Å². The molecule has 1 aromatic carbocycles. The fourth-order valence-electron chi connectivity index (χ4n) is 2.71. The summed E-state index contributed by atoms with van der Waals surface area (Å²) in [4.78, 5) is 6.63. The van der Waals surface area contributed by atoms with Gasteiger partial charge in [-0.2, -0.15) is 0 Å². The first-order valence-electron chi connectivity index (χ1n) is 7.03. The maximum absolute atomic E-state index is 13.8. The van der Waals surface area contributed by atoms with E-state index in [4.69, 9.17) is 10.5 Å². The van der Waals surface area contributed by atoms with Gasteiger partial charge in [0.1, 0.15) is 5.82 Å². The first-order valence-corrected chi connectivity index (χ1v) is 7.82. The zero-order valence-electron chi connectivity index (χ0n) is 11.9. The summed E-state index contributed by atoms with van der Waals surface area (Å²) >= 11 is 3.17. The van der Waals surface area contributed by atoms with Crippen LogP contribution >= 0.6 is 15.9 Å². The average molecular weight is 357 g/mol. The van der Waals surface area contributed by atoms with Crippen molar-refractivity contribution < 1.29 is 9.13 Å². The fraction of sp³-hybridized carbons (Fsp3) is 0.500. The van der Waals surface area contributed by atoms with Crippen LogP contribution in [-0.4, -0.2) is 46.8 Å². The zero-order valence-corrected chi connectivity index (χ0v) is 13.4. The van der Waals surface area contributed by atoms with Crippen molar-refractivity contribution in [2.45, 2.75) is 19.6 Å². The summed E-state index contributed by atoms with van der Waals surface area (Å²) in [5, 5.41) is 0. The highest BCUT2D eigenvalue weighted by Crippen LogP contribution is 2.25. The number of hydrogen-bond donors (Lipinski definition) is 1. The van der Waals surface area contributed by atoms with Crippen molar-refractivity contribution >= 4 is 32.9 Å². The monoisotopic (exact) mass is 356 g/mol. The third-order valence-corrected chi connectivity index (χ3v) is 4.48. The number of morpholine rings is 1.